The number of thiocarbonyl (C=S) groups is 1. The van der Waals surface area contributed by atoms with E-state index in [9.17, 15) is 0 Å². The van der Waals surface area contributed by atoms with E-state index in [4.69, 9.17) is 12.2 Å². The molecule has 4 heteroatoms. The zero-order chi connectivity index (χ0) is 13.1. The van der Waals surface area contributed by atoms with Crippen LogP contribution in [0.15, 0.2) is 30.3 Å². The number of benzene rings is 1. The molecule has 1 aromatic rings. The number of fused-ring (bicyclic) bond motifs is 1. The molecule has 0 amide bonds. The van der Waals surface area contributed by atoms with Crippen LogP contribution < -0.4 is 5.32 Å². The molecule has 1 N–H and O–H groups in total. The van der Waals surface area contributed by atoms with E-state index in [0.29, 0.717) is 6.04 Å². The zero-order valence-electron chi connectivity index (χ0n) is 11.2. The maximum absolute atomic E-state index is 5.55. The number of anilines is 1. The van der Waals surface area contributed by atoms with Crippen LogP contribution in [0.2, 0.25) is 0 Å². The van der Waals surface area contributed by atoms with E-state index >= 15 is 0 Å². The molecular weight excluding hydrogens is 254 g/mol. The topological polar surface area (TPSA) is 18.5 Å². The lowest BCUT2D eigenvalue weighted by Crippen LogP contribution is -2.56. The van der Waals surface area contributed by atoms with Crippen LogP contribution in [0.1, 0.15) is 19.3 Å². The van der Waals surface area contributed by atoms with Crippen LogP contribution in [0, 0.1) is 0 Å². The fourth-order valence-corrected chi connectivity index (χ4v) is 3.35. The lowest BCUT2D eigenvalue weighted by molar-refractivity contribution is 0.0812. The quantitative estimate of drug-likeness (QED) is 0.794. The van der Waals surface area contributed by atoms with Crippen LogP contribution in [-0.4, -0.2) is 47.1 Å². The summed E-state index contributed by atoms with van der Waals surface area (Å²) in [5, 5.41) is 4.22. The van der Waals surface area contributed by atoms with Crippen LogP contribution >= 0.6 is 12.2 Å². The van der Waals surface area contributed by atoms with Crippen LogP contribution in [0.3, 0.4) is 0 Å². The normalized spacial score (nSPS) is 23.8. The molecule has 0 spiro atoms. The smallest absolute Gasteiger partial charge is 0.173 e. The minimum Gasteiger partial charge on any atom is -0.346 e. The van der Waals surface area contributed by atoms with Crippen LogP contribution in [-0.2, 0) is 0 Å². The minimum absolute atomic E-state index is 0.707. The maximum Gasteiger partial charge on any atom is 0.173 e. The summed E-state index contributed by atoms with van der Waals surface area (Å²) in [7, 11) is 0. The number of nitrogens with one attached hydrogen (secondary N) is 1. The first-order chi connectivity index (χ1) is 9.33. The number of hydrogen-bond acceptors (Lipinski definition) is 2. The summed E-state index contributed by atoms with van der Waals surface area (Å²) in [6.45, 7) is 4.56. The van der Waals surface area contributed by atoms with E-state index in [0.717, 1.165) is 30.4 Å². The molecule has 0 aliphatic carbocycles. The van der Waals surface area contributed by atoms with Gasteiger partial charge in [-0.25, -0.2) is 0 Å². The molecule has 3 rings (SSSR count). The monoisotopic (exact) mass is 275 g/mol. The molecule has 2 heterocycles. The van der Waals surface area contributed by atoms with Gasteiger partial charge in [0.15, 0.2) is 5.11 Å². The molecule has 1 aromatic carbocycles. The van der Waals surface area contributed by atoms with Gasteiger partial charge in [-0.2, -0.15) is 0 Å². The van der Waals surface area contributed by atoms with E-state index in [1.807, 2.05) is 18.2 Å². The molecular formula is C15H21N3S. The van der Waals surface area contributed by atoms with E-state index in [1.165, 1.54) is 25.8 Å². The van der Waals surface area contributed by atoms with Crippen molar-refractivity contribution >= 4 is 23.0 Å². The zero-order valence-corrected chi connectivity index (χ0v) is 12.0. The minimum atomic E-state index is 0.707. The van der Waals surface area contributed by atoms with Crippen molar-refractivity contribution in [2.45, 2.75) is 25.3 Å². The first-order valence-corrected chi connectivity index (χ1v) is 7.59. The van der Waals surface area contributed by atoms with Crippen molar-refractivity contribution in [2.24, 2.45) is 0 Å². The molecule has 2 aliphatic rings. The standard InChI is InChI=1S/C15H21N3S/c19-15(16-13-6-2-1-3-7-13)18-11-10-17-9-5-4-8-14(17)12-18/h1-3,6-7,14H,4-5,8-12H2,(H,16,19)/t14-/m1/s1. The Balaban J connectivity index is 1.59. The molecule has 0 saturated carbocycles. The summed E-state index contributed by atoms with van der Waals surface area (Å²) >= 11 is 5.55. The summed E-state index contributed by atoms with van der Waals surface area (Å²) in [4.78, 5) is 4.96. The van der Waals surface area contributed by atoms with Crippen LogP contribution in [0.25, 0.3) is 0 Å². The van der Waals surface area contributed by atoms with Crippen molar-refractivity contribution in [2.75, 3.05) is 31.5 Å². The summed E-state index contributed by atoms with van der Waals surface area (Å²) in [5.74, 6) is 0. The number of nitrogens with zero attached hydrogens (tertiary/aromatic N) is 2. The lowest BCUT2D eigenvalue weighted by Gasteiger charge is -2.44. The molecule has 3 nitrogen and oxygen atoms in total. The highest BCUT2D eigenvalue weighted by Gasteiger charge is 2.29. The summed E-state index contributed by atoms with van der Waals surface area (Å²) in [6.07, 6.45) is 4.06. The molecule has 102 valence electrons. The highest BCUT2D eigenvalue weighted by Crippen LogP contribution is 2.21. The number of piperidine rings is 1. The van der Waals surface area contributed by atoms with Crippen molar-refractivity contribution in [1.29, 1.82) is 0 Å². The van der Waals surface area contributed by atoms with Crippen molar-refractivity contribution in [3.05, 3.63) is 30.3 Å². The van der Waals surface area contributed by atoms with Gasteiger partial charge in [0.05, 0.1) is 0 Å². The number of para-hydroxylation sites is 1. The van der Waals surface area contributed by atoms with Crippen molar-refractivity contribution < 1.29 is 0 Å². The molecule has 0 radical (unpaired) electrons. The van der Waals surface area contributed by atoms with E-state index in [2.05, 4.69) is 27.2 Å². The first kappa shape index (κ1) is 12.9. The lowest BCUT2D eigenvalue weighted by atomic mass is 10.00. The third-order valence-corrected chi connectivity index (χ3v) is 4.51. The molecule has 2 aliphatic heterocycles. The highest BCUT2D eigenvalue weighted by molar-refractivity contribution is 7.80. The predicted octanol–water partition coefficient (Wildman–Crippen LogP) is 2.55. The van der Waals surface area contributed by atoms with Gasteiger partial charge in [0.1, 0.15) is 0 Å². The molecule has 2 saturated heterocycles. The Morgan fingerprint density at radius 1 is 1.11 bits per heavy atom. The fourth-order valence-electron chi connectivity index (χ4n) is 3.06. The van der Waals surface area contributed by atoms with Crippen molar-refractivity contribution in [3.8, 4) is 0 Å². The fraction of sp³-hybridized carbons (Fsp3) is 0.533. The first-order valence-electron chi connectivity index (χ1n) is 7.18. The average molecular weight is 275 g/mol. The Morgan fingerprint density at radius 3 is 2.79 bits per heavy atom. The Hall–Kier alpha value is -1.13. The van der Waals surface area contributed by atoms with Gasteiger partial charge in [-0.15, -0.1) is 0 Å². The highest BCUT2D eigenvalue weighted by atomic mass is 32.1. The average Bonchev–Trinajstić information content (AvgIpc) is 2.48. The predicted molar refractivity (Wildman–Crippen MR) is 83.4 cm³/mol. The maximum atomic E-state index is 5.55. The Kier molecular flexibility index (Phi) is 3.99. The molecule has 0 bridgehead atoms. The second-order valence-electron chi connectivity index (χ2n) is 5.43. The third-order valence-electron chi connectivity index (χ3n) is 4.15. The van der Waals surface area contributed by atoms with Gasteiger partial charge in [0.2, 0.25) is 0 Å². The number of rotatable bonds is 1. The van der Waals surface area contributed by atoms with E-state index in [1.54, 1.807) is 0 Å². The molecule has 0 unspecified atom stereocenters. The Morgan fingerprint density at radius 2 is 1.95 bits per heavy atom. The second kappa shape index (κ2) is 5.88. The molecule has 1 atom stereocenters. The van der Waals surface area contributed by atoms with Crippen LogP contribution in [0.4, 0.5) is 5.69 Å². The summed E-state index contributed by atoms with van der Waals surface area (Å²) < 4.78 is 0. The van der Waals surface area contributed by atoms with E-state index in [-0.39, 0.29) is 0 Å². The Labute approximate surface area is 120 Å². The van der Waals surface area contributed by atoms with Crippen molar-refractivity contribution in [3.63, 3.8) is 0 Å². The van der Waals surface area contributed by atoms with Gasteiger partial charge in [0.25, 0.3) is 0 Å². The van der Waals surface area contributed by atoms with Crippen molar-refractivity contribution in [1.82, 2.24) is 9.80 Å². The van der Waals surface area contributed by atoms with Gasteiger partial charge in [-0.1, -0.05) is 24.6 Å². The van der Waals surface area contributed by atoms with Crippen LogP contribution in [0.5, 0.6) is 0 Å². The molecule has 0 aromatic heterocycles. The largest absolute Gasteiger partial charge is 0.346 e. The second-order valence-corrected chi connectivity index (χ2v) is 5.81. The third kappa shape index (κ3) is 3.07. The Bertz CT molecular complexity index is 434. The van der Waals surface area contributed by atoms with Gasteiger partial charge in [-0.05, 0) is 43.7 Å². The van der Waals surface area contributed by atoms with Gasteiger partial charge >= 0.3 is 0 Å². The number of piperazine rings is 1. The number of hydrogen-bond donors (Lipinski definition) is 1. The van der Waals surface area contributed by atoms with Gasteiger partial charge in [0, 0.05) is 31.4 Å². The van der Waals surface area contributed by atoms with Gasteiger partial charge < -0.3 is 10.2 Å². The molecule has 19 heavy (non-hydrogen) atoms. The molecule has 2 fully saturated rings. The SMILES string of the molecule is S=C(Nc1ccccc1)N1CCN2CCCC[C@@H]2C1. The van der Waals surface area contributed by atoms with E-state index < -0.39 is 0 Å². The van der Waals surface area contributed by atoms with Gasteiger partial charge in [-0.3, -0.25) is 4.90 Å². The summed E-state index contributed by atoms with van der Waals surface area (Å²) in [5.41, 5.74) is 1.08. The summed E-state index contributed by atoms with van der Waals surface area (Å²) in [6, 6.07) is 10.9.